The Balaban J connectivity index is 1.99. The Morgan fingerprint density at radius 3 is 2.32 bits per heavy atom. The molecule has 1 saturated carbocycles. The fourth-order valence-corrected chi connectivity index (χ4v) is 3.22. The largest absolute Gasteiger partial charge is 0.481 e. The third-order valence-corrected chi connectivity index (χ3v) is 4.89. The van der Waals surface area contributed by atoms with Crippen LogP contribution in [0.3, 0.4) is 0 Å². The monoisotopic (exact) mass is 303 g/mol. The number of benzene rings is 1. The normalized spacial score (nSPS) is 17.9. The maximum Gasteiger partial charge on any atom is 0.306 e. The number of anilines is 1. The molecular formula is C18H25NO3. The summed E-state index contributed by atoms with van der Waals surface area (Å²) in [6, 6.07) is 7.50. The molecule has 0 aliphatic heterocycles. The third kappa shape index (κ3) is 3.67. The Labute approximate surface area is 131 Å². The van der Waals surface area contributed by atoms with E-state index in [4.69, 9.17) is 5.11 Å². The first-order valence-corrected chi connectivity index (χ1v) is 8.10. The van der Waals surface area contributed by atoms with Crippen LogP contribution in [0.25, 0.3) is 0 Å². The van der Waals surface area contributed by atoms with Crippen LogP contribution in [0, 0.1) is 11.3 Å². The molecule has 0 spiro atoms. The Morgan fingerprint density at radius 2 is 1.82 bits per heavy atom. The zero-order chi connectivity index (χ0) is 16.2. The van der Waals surface area contributed by atoms with E-state index in [0.717, 1.165) is 43.4 Å². The van der Waals surface area contributed by atoms with Gasteiger partial charge in [0.15, 0.2) is 0 Å². The lowest BCUT2D eigenvalue weighted by Gasteiger charge is -2.26. The number of carbonyl (C=O) groups excluding carboxylic acids is 1. The molecule has 120 valence electrons. The zero-order valence-corrected chi connectivity index (χ0v) is 13.4. The SMILES string of the molecule is CCC1(C(=O)Nc2ccc(CC(C)C(=O)O)cc2)CCCC1. The molecule has 1 aromatic carbocycles. The molecule has 2 N–H and O–H groups in total. The first-order valence-electron chi connectivity index (χ1n) is 8.10. The van der Waals surface area contributed by atoms with E-state index in [2.05, 4.69) is 12.2 Å². The molecule has 1 aliphatic rings. The summed E-state index contributed by atoms with van der Waals surface area (Å²) >= 11 is 0. The summed E-state index contributed by atoms with van der Waals surface area (Å²) < 4.78 is 0. The number of nitrogens with one attached hydrogen (secondary N) is 1. The highest BCUT2D eigenvalue weighted by molar-refractivity contribution is 5.95. The molecule has 0 heterocycles. The molecule has 0 aromatic heterocycles. The molecule has 2 rings (SSSR count). The molecule has 1 fully saturated rings. The van der Waals surface area contributed by atoms with Crippen molar-refractivity contribution in [3.05, 3.63) is 29.8 Å². The van der Waals surface area contributed by atoms with E-state index in [-0.39, 0.29) is 11.3 Å². The number of amides is 1. The number of carboxylic acid groups (broad SMARTS) is 1. The van der Waals surface area contributed by atoms with Crippen molar-refractivity contribution in [2.75, 3.05) is 5.32 Å². The molecule has 1 aromatic rings. The molecule has 1 atom stereocenters. The number of hydrogen-bond donors (Lipinski definition) is 2. The standard InChI is InChI=1S/C18H25NO3/c1-3-18(10-4-5-11-18)17(22)19-15-8-6-14(7-9-15)12-13(2)16(20)21/h6-9,13H,3-5,10-12H2,1-2H3,(H,19,22)(H,20,21). The van der Waals surface area contributed by atoms with E-state index in [1.165, 1.54) is 0 Å². The predicted octanol–water partition coefficient (Wildman–Crippen LogP) is 3.86. The second-order valence-electron chi connectivity index (χ2n) is 6.44. The first-order chi connectivity index (χ1) is 10.5. The van der Waals surface area contributed by atoms with Crippen molar-refractivity contribution in [2.24, 2.45) is 11.3 Å². The van der Waals surface area contributed by atoms with Gasteiger partial charge in [0.05, 0.1) is 5.92 Å². The fraction of sp³-hybridized carbons (Fsp3) is 0.556. The van der Waals surface area contributed by atoms with Crippen LogP contribution < -0.4 is 5.32 Å². The summed E-state index contributed by atoms with van der Waals surface area (Å²) in [7, 11) is 0. The Kier molecular flexibility index (Phi) is 5.22. The highest BCUT2D eigenvalue weighted by Gasteiger charge is 2.39. The van der Waals surface area contributed by atoms with E-state index in [9.17, 15) is 9.59 Å². The van der Waals surface area contributed by atoms with Crippen molar-refractivity contribution in [3.8, 4) is 0 Å². The van der Waals surface area contributed by atoms with Crippen LogP contribution >= 0.6 is 0 Å². The van der Waals surface area contributed by atoms with Gasteiger partial charge < -0.3 is 10.4 Å². The number of hydrogen-bond acceptors (Lipinski definition) is 2. The number of carbonyl (C=O) groups is 2. The van der Waals surface area contributed by atoms with Gasteiger partial charge in [0.1, 0.15) is 0 Å². The van der Waals surface area contributed by atoms with Gasteiger partial charge in [-0.2, -0.15) is 0 Å². The van der Waals surface area contributed by atoms with Crippen LogP contribution in [0.4, 0.5) is 5.69 Å². The second-order valence-corrected chi connectivity index (χ2v) is 6.44. The van der Waals surface area contributed by atoms with Crippen molar-refractivity contribution >= 4 is 17.6 Å². The fourth-order valence-electron chi connectivity index (χ4n) is 3.22. The molecule has 4 heteroatoms. The molecule has 1 unspecified atom stereocenters. The lowest BCUT2D eigenvalue weighted by Crippen LogP contribution is -2.33. The average molecular weight is 303 g/mol. The van der Waals surface area contributed by atoms with Gasteiger partial charge in [0.2, 0.25) is 5.91 Å². The van der Waals surface area contributed by atoms with E-state index in [1.807, 2.05) is 24.3 Å². The molecule has 0 saturated heterocycles. The summed E-state index contributed by atoms with van der Waals surface area (Å²) in [6.45, 7) is 3.78. The van der Waals surface area contributed by atoms with E-state index < -0.39 is 11.9 Å². The van der Waals surface area contributed by atoms with Gasteiger partial charge in [0, 0.05) is 11.1 Å². The predicted molar refractivity (Wildman–Crippen MR) is 86.8 cm³/mol. The minimum atomic E-state index is -0.788. The van der Waals surface area contributed by atoms with Gasteiger partial charge >= 0.3 is 5.97 Å². The van der Waals surface area contributed by atoms with Crippen molar-refractivity contribution in [3.63, 3.8) is 0 Å². The Morgan fingerprint density at radius 1 is 1.23 bits per heavy atom. The maximum absolute atomic E-state index is 12.5. The molecule has 1 amide bonds. The van der Waals surface area contributed by atoms with Crippen LogP contribution in [-0.2, 0) is 16.0 Å². The highest BCUT2D eigenvalue weighted by atomic mass is 16.4. The van der Waals surface area contributed by atoms with Crippen molar-refractivity contribution in [1.29, 1.82) is 0 Å². The van der Waals surface area contributed by atoms with Gasteiger partial charge in [0.25, 0.3) is 0 Å². The summed E-state index contributed by atoms with van der Waals surface area (Å²) in [4.78, 5) is 23.4. The Hall–Kier alpha value is -1.84. The van der Waals surface area contributed by atoms with Gasteiger partial charge in [-0.15, -0.1) is 0 Å². The lowest BCUT2D eigenvalue weighted by molar-refractivity contribution is -0.141. The zero-order valence-electron chi connectivity index (χ0n) is 13.4. The summed E-state index contributed by atoms with van der Waals surface area (Å²) in [6.07, 6.45) is 5.60. The third-order valence-electron chi connectivity index (χ3n) is 4.89. The van der Waals surface area contributed by atoms with Crippen LogP contribution in [0.2, 0.25) is 0 Å². The molecule has 22 heavy (non-hydrogen) atoms. The molecule has 0 radical (unpaired) electrons. The second kappa shape index (κ2) is 6.95. The van der Waals surface area contributed by atoms with E-state index in [0.29, 0.717) is 6.42 Å². The van der Waals surface area contributed by atoms with Crippen LogP contribution in [-0.4, -0.2) is 17.0 Å². The summed E-state index contributed by atoms with van der Waals surface area (Å²) in [5.74, 6) is -1.06. The Bertz CT molecular complexity index is 530. The van der Waals surface area contributed by atoms with E-state index >= 15 is 0 Å². The van der Waals surface area contributed by atoms with Crippen LogP contribution in [0.1, 0.15) is 51.5 Å². The van der Waals surface area contributed by atoms with Gasteiger partial charge in [-0.3, -0.25) is 9.59 Å². The topological polar surface area (TPSA) is 66.4 Å². The molecule has 1 aliphatic carbocycles. The van der Waals surface area contributed by atoms with Crippen molar-refractivity contribution in [1.82, 2.24) is 0 Å². The van der Waals surface area contributed by atoms with Crippen LogP contribution in [0.5, 0.6) is 0 Å². The molecule has 4 nitrogen and oxygen atoms in total. The minimum Gasteiger partial charge on any atom is -0.481 e. The first kappa shape index (κ1) is 16.5. The van der Waals surface area contributed by atoms with Gasteiger partial charge in [-0.25, -0.2) is 0 Å². The number of carboxylic acids is 1. The smallest absolute Gasteiger partial charge is 0.306 e. The lowest BCUT2D eigenvalue weighted by atomic mass is 9.82. The quantitative estimate of drug-likeness (QED) is 0.838. The van der Waals surface area contributed by atoms with Crippen molar-refractivity contribution < 1.29 is 14.7 Å². The number of aliphatic carboxylic acids is 1. The molecular weight excluding hydrogens is 278 g/mol. The minimum absolute atomic E-state index is 0.124. The van der Waals surface area contributed by atoms with Gasteiger partial charge in [-0.05, 0) is 43.4 Å². The summed E-state index contributed by atoms with van der Waals surface area (Å²) in [5.41, 5.74) is 1.56. The van der Waals surface area contributed by atoms with Gasteiger partial charge in [-0.1, -0.05) is 38.8 Å². The van der Waals surface area contributed by atoms with E-state index in [1.54, 1.807) is 6.92 Å². The molecule has 0 bridgehead atoms. The number of rotatable bonds is 6. The highest BCUT2D eigenvalue weighted by Crippen LogP contribution is 2.41. The van der Waals surface area contributed by atoms with Crippen molar-refractivity contribution in [2.45, 2.75) is 52.4 Å². The van der Waals surface area contributed by atoms with Crippen LogP contribution in [0.15, 0.2) is 24.3 Å². The maximum atomic E-state index is 12.5. The summed E-state index contributed by atoms with van der Waals surface area (Å²) in [5, 5.41) is 12.0. The average Bonchev–Trinajstić information content (AvgIpc) is 2.99.